The number of rotatable bonds is 5. The predicted octanol–water partition coefficient (Wildman–Crippen LogP) is 1.29. The minimum absolute atomic E-state index is 0.0153. The van der Waals surface area contributed by atoms with Crippen LogP contribution in [-0.4, -0.2) is 29.6 Å². The van der Waals surface area contributed by atoms with E-state index in [1.54, 1.807) is 6.07 Å². The number of halogens is 1. The SMILES string of the molecule is CCC(C)C(O)CNC(=O)C(=O)Nc1ccccc1F. The number of hydrogen-bond acceptors (Lipinski definition) is 3. The van der Waals surface area contributed by atoms with E-state index in [1.807, 2.05) is 13.8 Å². The van der Waals surface area contributed by atoms with Crippen molar-refractivity contribution in [3.8, 4) is 0 Å². The van der Waals surface area contributed by atoms with E-state index in [4.69, 9.17) is 0 Å². The van der Waals surface area contributed by atoms with Crippen LogP contribution in [-0.2, 0) is 9.59 Å². The van der Waals surface area contributed by atoms with Crippen LogP contribution in [0, 0.1) is 11.7 Å². The summed E-state index contributed by atoms with van der Waals surface area (Å²) in [6.45, 7) is 3.75. The number of anilines is 1. The van der Waals surface area contributed by atoms with Crippen LogP contribution in [0.4, 0.5) is 10.1 Å². The van der Waals surface area contributed by atoms with Crippen molar-refractivity contribution in [2.24, 2.45) is 5.92 Å². The molecule has 0 heterocycles. The Morgan fingerprint density at radius 2 is 1.95 bits per heavy atom. The van der Waals surface area contributed by atoms with Gasteiger partial charge in [-0.3, -0.25) is 9.59 Å². The average molecular weight is 282 g/mol. The number of benzene rings is 1. The van der Waals surface area contributed by atoms with Crippen molar-refractivity contribution >= 4 is 17.5 Å². The monoisotopic (exact) mass is 282 g/mol. The first-order valence-corrected chi connectivity index (χ1v) is 6.47. The molecule has 2 atom stereocenters. The smallest absolute Gasteiger partial charge is 0.313 e. The van der Waals surface area contributed by atoms with Gasteiger partial charge in [0.15, 0.2) is 0 Å². The number of amides is 2. The van der Waals surface area contributed by atoms with Crippen molar-refractivity contribution < 1.29 is 19.1 Å². The van der Waals surface area contributed by atoms with E-state index in [1.165, 1.54) is 18.2 Å². The van der Waals surface area contributed by atoms with Crippen LogP contribution >= 0.6 is 0 Å². The third kappa shape index (κ3) is 4.62. The topological polar surface area (TPSA) is 78.4 Å². The molecule has 1 aromatic carbocycles. The molecule has 0 aliphatic heterocycles. The van der Waals surface area contributed by atoms with E-state index in [0.29, 0.717) is 0 Å². The lowest BCUT2D eigenvalue weighted by molar-refractivity contribution is -0.136. The molecule has 0 radical (unpaired) electrons. The summed E-state index contributed by atoms with van der Waals surface area (Å²) in [5.74, 6) is -2.47. The number of carbonyl (C=O) groups excluding carboxylic acids is 2. The molecule has 0 bridgehead atoms. The largest absolute Gasteiger partial charge is 0.391 e. The lowest BCUT2D eigenvalue weighted by Crippen LogP contribution is -2.41. The first-order chi connectivity index (χ1) is 9.45. The second-order valence-corrected chi connectivity index (χ2v) is 4.60. The van der Waals surface area contributed by atoms with Crippen molar-refractivity contribution in [3.05, 3.63) is 30.1 Å². The van der Waals surface area contributed by atoms with Crippen LogP contribution in [0.2, 0.25) is 0 Å². The molecule has 1 aromatic rings. The second kappa shape index (κ2) is 7.59. The molecule has 0 aromatic heterocycles. The van der Waals surface area contributed by atoms with Gasteiger partial charge in [0.05, 0.1) is 11.8 Å². The van der Waals surface area contributed by atoms with Gasteiger partial charge in [0.1, 0.15) is 5.82 Å². The molecule has 2 amide bonds. The summed E-state index contributed by atoms with van der Waals surface area (Å²) in [5, 5.41) is 14.2. The molecule has 1 rings (SSSR count). The van der Waals surface area contributed by atoms with E-state index in [-0.39, 0.29) is 18.2 Å². The molecule has 110 valence electrons. The average Bonchev–Trinajstić information content (AvgIpc) is 2.45. The summed E-state index contributed by atoms with van der Waals surface area (Å²) in [6.07, 6.45) is 0.0450. The van der Waals surface area contributed by atoms with Gasteiger partial charge in [-0.15, -0.1) is 0 Å². The zero-order valence-corrected chi connectivity index (χ0v) is 11.5. The molecule has 0 spiro atoms. The van der Waals surface area contributed by atoms with Gasteiger partial charge in [0.2, 0.25) is 0 Å². The first kappa shape index (κ1) is 16.1. The third-order valence-corrected chi connectivity index (χ3v) is 3.10. The molecule has 5 nitrogen and oxygen atoms in total. The van der Waals surface area contributed by atoms with E-state index < -0.39 is 23.7 Å². The molecule has 0 fully saturated rings. The zero-order valence-electron chi connectivity index (χ0n) is 11.5. The maximum atomic E-state index is 13.3. The summed E-state index contributed by atoms with van der Waals surface area (Å²) in [4.78, 5) is 23.1. The molecule has 20 heavy (non-hydrogen) atoms. The van der Waals surface area contributed by atoms with Crippen LogP contribution < -0.4 is 10.6 Å². The highest BCUT2D eigenvalue weighted by atomic mass is 19.1. The number of carbonyl (C=O) groups is 2. The minimum atomic E-state index is -0.966. The highest BCUT2D eigenvalue weighted by Gasteiger charge is 2.18. The van der Waals surface area contributed by atoms with Crippen LogP contribution in [0.5, 0.6) is 0 Å². The van der Waals surface area contributed by atoms with Gasteiger partial charge in [0.25, 0.3) is 0 Å². The van der Waals surface area contributed by atoms with Gasteiger partial charge < -0.3 is 15.7 Å². The number of hydrogen-bond donors (Lipinski definition) is 3. The zero-order chi connectivity index (χ0) is 15.1. The fourth-order valence-electron chi connectivity index (χ4n) is 1.49. The van der Waals surface area contributed by atoms with Gasteiger partial charge >= 0.3 is 11.8 Å². The molecule has 0 aliphatic rings. The first-order valence-electron chi connectivity index (χ1n) is 6.47. The lowest BCUT2D eigenvalue weighted by Gasteiger charge is -2.17. The van der Waals surface area contributed by atoms with Gasteiger partial charge in [-0.2, -0.15) is 0 Å². The fraction of sp³-hybridized carbons (Fsp3) is 0.429. The standard InChI is InChI=1S/C14H19FN2O3/c1-3-9(2)12(18)8-16-13(19)14(20)17-11-7-5-4-6-10(11)15/h4-7,9,12,18H,3,8H2,1-2H3,(H,16,19)(H,17,20). The molecular formula is C14H19FN2O3. The Bertz CT molecular complexity index is 479. The molecule has 6 heteroatoms. The molecular weight excluding hydrogens is 263 g/mol. The Balaban J connectivity index is 2.48. The van der Waals surface area contributed by atoms with Crippen molar-refractivity contribution in [1.82, 2.24) is 5.32 Å². The van der Waals surface area contributed by atoms with Crippen LogP contribution in [0.3, 0.4) is 0 Å². The van der Waals surface area contributed by atoms with Crippen LogP contribution in [0.15, 0.2) is 24.3 Å². The summed E-state index contributed by atoms with van der Waals surface area (Å²) in [7, 11) is 0. The Labute approximate surface area is 117 Å². The highest BCUT2D eigenvalue weighted by Crippen LogP contribution is 2.12. The van der Waals surface area contributed by atoms with E-state index >= 15 is 0 Å². The maximum Gasteiger partial charge on any atom is 0.313 e. The van der Waals surface area contributed by atoms with E-state index in [2.05, 4.69) is 10.6 Å². The van der Waals surface area contributed by atoms with E-state index in [0.717, 1.165) is 6.42 Å². The van der Waals surface area contributed by atoms with Crippen molar-refractivity contribution in [2.45, 2.75) is 26.4 Å². The van der Waals surface area contributed by atoms with Crippen molar-refractivity contribution in [3.63, 3.8) is 0 Å². The van der Waals surface area contributed by atoms with Gasteiger partial charge in [0, 0.05) is 6.54 Å². The van der Waals surface area contributed by atoms with Gasteiger partial charge in [-0.05, 0) is 18.1 Å². The molecule has 0 saturated heterocycles. The fourth-order valence-corrected chi connectivity index (χ4v) is 1.49. The van der Waals surface area contributed by atoms with Crippen LogP contribution in [0.25, 0.3) is 0 Å². The summed E-state index contributed by atoms with van der Waals surface area (Å²) < 4.78 is 13.3. The normalized spacial score (nSPS) is 13.4. The third-order valence-electron chi connectivity index (χ3n) is 3.10. The van der Waals surface area contributed by atoms with Crippen molar-refractivity contribution in [2.75, 3.05) is 11.9 Å². The second-order valence-electron chi connectivity index (χ2n) is 4.60. The summed E-state index contributed by atoms with van der Waals surface area (Å²) in [6, 6.07) is 5.56. The van der Waals surface area contributed by atoms with Crippen LogP contribution in [0.1, 0.15) is 20.3 Å². The van der Waals surface area contributed by atoms with Crippen molar-refractivity contribution in [1.29, 1.82) is 0 Å². The Morgan fingerprint density at radius 3 is 2.55 bits per heavy atom. The van der Waals surface area contributed by atoms with E-state index in [9.17, 15) is 19.1 Å². The molecule has 3 N–H and O–H groups in total. The van der Waals surface area contributed by atoms with Gasteiger partial charge in [-0.25, -0.2) is 4.39 Å². The summed E-state index contributed by atoms with van der Waals surface area (Å²) in [5.41, 5.74) is -0.0601. The number of aliphatic hydroxyl groups excluding tert-OH is 1. The molecule has 0 aliphatic carbocycles. The quantitative estimate of drug-likeness (QED) is 0.712. The number of aliphatic hydroxyl groups is 1. The maximum absolute atomic E-state index is 13.3. The number of para-hydroxylation sites is 1. The highest BCUT2D eigenvalue weighted by molar-refractivity contribution is 6.39. The Kier molecular flexibility index (Phi) is 6.11. The Hall–Kier alpha value is -1.95. The summed E-state index contributed by atoms with van der Waals surface area (Å²) >= 11 is 0. The lowest BCUT2D eigenvalue weighted by atomic mass is 10.0. The number of nitrogens with one attached hydrogen (secondary N) is 2. The van der Waals surface area contributed by atoms with Gasteiger partial charge in [-0.1, -0.05) is 32.4 Å². The minimum Gasteiger partial charge on any atom is -0.391 e. The molecule has 0 saturated carbocycles. The Morgan fingerprint density at radius 1 is 1.30 bits per heavy atom. The molecule has 2 unspecified atom stereocenters. The predicted molar refractivity (Wildman–Crippen MR) is 73.5 cm³/mol.